The fourth-order valence-corrected chi connectivity index (χ4v) is 4.65. The molecule has 2 N–H and O–H groups in total. The quantitative estimate of drug-likeness (QED) is 0.689. The van der Waals surface area contributed by atoms with Crippen LogP contribution in [0.2, 0.25) is 0 Å². The fourth-order valence-electron chi connectivity index (χ4n) is 4.65. The maximum atomic E-state index is 13.9. The molecule has 0 aromatic carbocycles. The largest absolute Gasteiger partial charge is 0.440 e. The molecule has 2 saturated carbocycles. The van der Waals surface area contributed by atoms with E-state index in [1.54, 1.807) is 5.32 Å². The number of urea groups is 1. The van der Waals surface area contributed by atoms with Crippen LogP contribution in [-0.4, -0.2) is 40.6 Å². The van der Waals surface area contributed by atoms with Crippen LogP contribution in [-0.2, 0) is 9.59 Å². The number of nitrogens with zero attached hydrogens (tertiary/aromatic N) is 1. The molecule has 1 atom stereocenters. The van der Waals surface area contributed by atoms with Gasteiger partial charge in [-0.1, -0.05) is 51.4 Å². The van der Waals surface area contributed by atoms with Crippen LogP contribution >= 0.6 is 0 Å². The van der Waals surface area contributed by atoms with E-state index in [9.17, 15) is 27.6 Å². The second-order valence-electron chi connectivity index (χ2n) is 8.24. The van der Waals surface area contributed by atoms with Gasteiger partial charge in [-0.05, 0) is 25.2 Å². The molecule has 1 aliphatic heterocycles. The van der Waals surface area contributed by atoms with Crippen molar-refractivity contribution in [2.75, 3.05) is 0 Å². The first-order valence-electron chi connectivity index (χ1n) is 10.3. The number of carbonyl (C=O) groups excluding carboxylic acids is 3. The zero-order chi connectivity index (χ0) is 20.4. The molecule has 1 saturated heterocycles. The van der Waals surface area contributed by atoms with Gasteiger partial charge in [-0.3, -0.25) is 19.8 Å². The van der Waals surface area contributed by atoms with Crippen molar-refractivity contribution in [3.63, 3.8) is 0 Å². The summed E-state index contributed by atoms with van der Waals surface area (Å²) in [6.45, 7) is 0. The van der Waals surface area contributed by atoms with E-state index >= 15 is 0 Å². The van der Waals surface area contributed by atoms with Gasteiger partial charge in [-0.25, -0.2) is 4.79 Å². The highest BCUT2D eigenvalue weighted by molar-refractivity contribution is 6.09. The number of imide groups is 1. The molecule has 158 valence electrons. The van der Waals surface area contributed by atoms with Crippen molar-refractivity contribution in [1.29, 1.82) is 0 Å². The van der Waals surface area contributed by atoms with Crippen molar-refractivity contribution < 1.29 is 27.6 Å². The Labute approximate surface area is 162 Å². The zero-order valence-corrected chi connectivity index (χ0v) is 15.9. The van der Waals surface area contributed by atoms with Gasteiger partial charge in [0, 0.05) is 12.5 Å². The second-order valence-corrected chi connectivity index (χ2v) is 8.24. The first-order valence-corrected chi connectivity index (χ1v) is 10.3. The molecular formula is C19H28F3N3O3. The van der Waals surface area contributed by atoms with Gasteiger partial charge in [-0.15, -0.1) is 0 Å². The van der Waals surface area contributed by atoms with Gasteiger partial charge < -0.3 is 5.32 Å². The molecule has 3 fully saturated rings. The zero-order valence-electron chi connectivity index (χ0n) is 15.9. The molecule has 0 aromatic heterocycles. The minimum atomic E-state index is -5.12. The lowest BCUT2D eigenvalue weighted by atomic mass is 9.86. The Bertz CT molecular complexity index is 613. The van der Waals surface area contributed by atoms with Crippen molar-refractivity contribution in [2.45, 2.75) is 94.9 Å². The Kier molecular flexibility index (Phi) is 6.19. The lowest BCUT2D eigenvalue weighted by molar-refractivity contribution is -0.204. The predicted octanol–water partition coefficient (Wildman–Crippen LogP) is 3.61. The number of nitrogens with one attached hydrogen (secondary N) is 2. The molecule has 28 heavy (non-hydrogen) atoms. The number of rotatable bonds is 5. The highest BCUT2D eigenvalue weighted by atomic mass is 19.4. The topological polar surface area (TPSA) is 78.5 Å². The molecule has 0 spiro atoms. The maximum Gasteiger partial charge on any atom is 0.440 e. The molecule has 1 heterocycles. The molecule has 3 aliphatic rings. The summed E-state index contributed by atoms with van der Waals surface area (Å²) in [5, 5.41) is 3.59. The molecule has 0 bridgehead atoms. The summed E-state index contributed by atoms with van der Waals surface area (Å²) in [5.74, 6) is -1.95. The number of hydrogen-bond acceptors (Lipinski definition) is 3. The number of halogens is 3. The summed E-state index contributed by atoms with van der Waals surface area (Å²) >= 11 is 0. The maximum absolute atomic E-state index is 13.9. The first-order chi connectivity index (χ1) is 13.2. The third-order valence-electron chi connectivity index (χ3n) is 6.25. The minimum Gasteiger partial charge on any atom is -0.318 e. The molecule has 0 aromatic rings. The number of hydrogen-bond donors (Lipinski definition) is 2. The van der Waals surface area contributed by atoms with E-state index in [1.165, 1.54) is 0 Å². The van der Waals surface area contributed by atoms with Crippen LogP contribution in [0.5, 0.6) is 0 Å². The van der Waals surface area contributed by atoms with Crippen LogP contribution in [0.4, 0.5) is 18.0 Å². The molecule has 3 rings (SSSR count). The lowest BCUT2D eigenvalue weighted by Crippen LogP contribution is -2.69. The van der Waals surface area contributed by atoms with E-state index in [2.05, 4.69) is 0 Å². The van der Waals surface area contributed by atoms with Crippen molar-refractivity contribution >= 4 is 17.8 Å². The van der Waals surface area contributed by atoms with Gasteiger partial charge in [0.25, 0.3) is 11.6 Å². The SMILES string of the molecule is O=C(CCC1CCCCC1)N[C@@]1(C(F)(F)F)NC(=O)N(C2CCCCC2)C1=O. The van der Waals surface area contributed by atoms with Crippen LogP contribution in [0.3, 0.4) is 0 Å². The van der Waals surface area contributed by atoms with E-state index in [4.69, 9.17) is 0 Å². The summed E-state index contributed by atoms with van der Waals surface area (Å²) in [7, 11) is 0. The molecule has 6 nitrogen and oxygen atoms in total. The van der Waals surface area contributed by atoms with Crippen LogP contribution < -0.4 is 10.6 Å². The van der Waals surface area contributed by atoms with E-state index in [1.807, 2.05) is 5.32 Å². The van der Waals surface area contributed by atoms with Gasteiger partial charge in [0.05, 0.1) is 0 Å². The molecule has 0 radical (unpaired) electrons. The normalized spacial score (nSPS) is 27.8. The van der Waals surface area contributed by atoms with Crippen molar-refractivity contribution in [2.24, 2.45) is 5.92 Å². The number of amides is 4. The summed E-state index contributed by atoms with van der Waals surface area (Å²) in [6, 6.07) is -1.63. The highest BCUT2D eigenvalue weighted by Gasteiger charge is 2.69. The standard InChI is InChI=1S/C19H28F3N3O3/c20-19(21,22)18(23-15(26)12-11-13-7-3-1-4-8-13)16(27)25(17(28)24-18)14-9-5-2-6-10-14/h13-14H,1-12H2,(H,23,26)(H,24,28)/t18-/m1/s1. The molecule has 2 aliphatic carbocycles. The molecule has 9 heteroatoms. The van der Waals surface area contributed by atoms with Crippen LogP contribution in [0.15, 0.2) is 0 Å². The Morgan fingerprint density at radius 2 is 1.61 bits per heavy atom. The van der Waals surface area contributed by atoms with Gasteiger partial charge >= 0.3 is 12.2 Å². The van der Waals surface area contributed by atoms with E-state index in [-0.39, 0.29) is 6.42 Å². The summed E-state index contributed by atoms with van der Waals surface area (Å²) in [6.07, 6.45) is 3.96. The smallest absolute Gasteiger partial charge is 0.318 e. The van der Waals surface area contributed by atoms with Crippen LogP contribution in [0.1, 0.15) is 77.0 Å². The average molecular weight is 403 g/mol. The van der Waals surface area contributed by atoms with Crippen molar-refractivity contribution in [3.05, 3.63) is 0 Å². The van der Waals surface area contributed by atoms with E-state index in [0.29, 0.717) is 30.1 Å². The average Bonchev–Trinajstić information content (AvgIpc) is 2.92. The summed E-state index contributed by atoms with van der Waals surface area (Å²) in [4.78, 5) is 38.0. The third-order valence-corrected chi connectivity index (χ3v) is 6.25. The third kappa shape index (κ3) is 4.12. The Morgan fingerprint density at radius 1 is 1.04 bits per heavy atom. The van der Waals surface area contributed by atoms with Crippen molar-refractivity contribution in [1.82, 2.24) is 15.5 Å². The second kappa shape index (κ2) is 8.29. The van der Waals surface area contributed by atoms with Gasteiger partial charge in [0.15, 0.2) is 0 Å². The Hall–Kier alpha value is -1.80. The van der Waals surface area contributed by atoms with E-state index < -0.39 is 35.7 Å². The Morgan fingerprint density at radius 3 is 2.18 bits per heavy atom. The summed E-state index contributed by atoms with van der Waals surface area (Å²) in [5.41, 5.74) is -3.36. The predicted molar refractivity (Wildman–Crippen MR) is 95.0 cm³/mol. The van der Waals surface area contributed by atoms with Crippen molar-refractivity contribution in [3.8, 4) is 0 Å². The number of alkyl halides is 3. The van der Waals surface area contributed by atoms with Gasteiger partial charge in [0.1, 0.15) is 0 Å². The van der Waals surface area contributed by atoms with E-state index in [0.717, 1.165) is 51.4 Å². The molecule has 4 amide bonds. The van der Waals surface area contributed by atoms with Crippen LogP contribution in [0, 0.1) is 5.92 Å². The first kappa shape index (κ1) is 20.9. The number of carbonyl (C=O) groups is 3. The molecular weight excluding hydrogens is 375 g/mol. The fraction of sp³-hybridized carbons (Fsp3) is 0.842. The monoisotopic (exact) mass is 403 g/mol. The van der Waals surface area contributed by atoms with Gasteiger partial charge in [0.2, 0.25) is 5.91 Å². The molecule has 0 unspecified atom stereocenters. The Balaban J connectivity index is 1.70. The van der Waals surface area contributed by atoms with Crippen LogP contribution in [0.25, 0.3) is 0 Å². The summed E-state index contributed by atoms with van der Waals surface area (Å²) < 4.78 is 41.6. The highest BCUT2D eigenvalue weighted by Crippen LogP contribution is 2.37. The minimum absolute atomic E-state index is 0.0882. The van der Waals surface area contributed by atoms with Gasteiger partial charge in [-0.2, -0.15) is 13.2 Å². The lowest BCUT2D eigenvalue weighted by Gasteiger charge is -2.32.